The molecule has 4 N–H and O–H groups in total. The summed E-state index contributed by atoms with van der Waals surface area (Å²) in [7, 11) is 0. The molecule has 0 saturated carbocycles. The van der Waals surface area contributed by atoms with Gasteiger partial charge in [-0.2, -0.15) is 9.97 Å². The van der Waals surface area contributed by atoms with Gasteiger partial charge in [-0.15, -0.1) is 11.3 Å². The number of aromatic nitrogens is 2. The van der Waals surface area contributed by atoms with Gasteiger partial charge in [0.05, 0.1) is 4.34 Å². The number of nitrogens with two attached hydrogens (primary N) is 1. The van der Waals surface area contributed by atoms with Crippen LogP contribution in [-0.2, 0) is 6.42 Å². The first kappa shape index (κ1) is 14.9. The van der Waals surface area contributed by atoms with Gasteiger partial charge in [-0.1, -0.05) is 18.5 Å². The van der Waals surface area contributed by atoms with Gasteiger partial charge in [-0.3, -0.25) is 0 Å². The van der Waals surface area contributed by atoms with Crippen molar-refractivity contribution in [3.05, 3.63) is 27.4 Å². The number of rotatable bonds is 7. The standard InChI is InChI=1S/C13H18ClN5S/c1-2-6-16-11-8-12(19-13(15)18-11)17-7-5-9-3-4-10(14)20-9/h3-4,8H,2,5-7H2,1H3,(H4,15,16,17,18,19). The van der Waals surface area contributed by atoms with Crippen LogP contribution in [0.5, 0.6) is 0 Å². The Morgan fingerprint density at radius 2 is 1.90 bits per heavy atom. The Hall–Kier alpha value is -1.53. The zero-order valence-corrected chi connectivity index (χ0v) is 12.9. The molecule has 7 heteroatoms. The van der Waals surface area contributed by atoms with Crippen LogP contribution in [-0.4, -0.2) is 23.1 Å². The van der Waals surface area contributed by atoms with E-state index in [1.54, 1.807) is 11.3 Å². The lowest BCUT2D eigenvalue weighted by molar-refractivity contribution is 0.963. The summed E-state index contributed by atoms with van der Waals surface area (Å²) in [4.78, 5) is 9.56. The molecule has 0 aliphatic rings. The third kappa shape index (κ3) is 4.54. The lowest BCUT2D eigenvalue weighted by Gasteiger charge is -2.09. The van der Waals surface area contributed by atoms with Gasteiger partial charge in [0, 0.05) is 24.0 Å². The van der Waals surface area contributed by atoms with Crippen LogP contribution in [0, 0.1) is 0 Å². The number of thiophene rings is 1. The van der Waals surface area contributed by atoms with E-state index in [1.807, 2.05) is 18.2 Å². The molecule has 2 aromatic rings. The second-order valence-electron chi connectivity index (χ2n) is 4.31. The van der Waals surface area contributed by atoms with Crippen molar-refractivity contribution in [3.8, 4) is 0 Å². The smallest absolute Gasteiger partial charge is 0.223 e. The quantitative estimate of drug-likeness (QED) is 0.732. The maximum absolute atomic E-state index is 5.90. The van der Waals surface area contributed by atoms with Gasteiger partial charge in [-0.05, 0) is 25.0 Å². The summed E-state index contributed by atoms with van der Waals surface area (Å²) in [5, 5.41) is 6.45. The molecule has 0 bridgehead atoms. The zero-order valence-electron chi connectivity index (χ0n) is 11.3. The topological polar surface area (TPSA) is 75.9 Å². The molecule has 0 spiro atoms. The van der Waals surface area contributed by atoms with Crippen molar-refractivity contribution in [2.24, 2.45) is 0 Å². The Labute approximate surface area is 127 Å². The molecule has 2 rings (SSSR count). The minimum Gasteiger partial charge on any atom is -0.370 e. The molecule has 108 valence electrons. The molecule has 0 radical (unpaired) electrons. The summed E-state index contributed by atoms with van der Waals surface area (Å²) >= 11 is 7.50. The Balaban J connectivity index is 1.89. The van der Waals surface area contributed by atoms with Gasteiger partial charge in [0.25, 0.3) is 0 Å². The molecule has 0 amide bonds. The highest BCUT2D eigenvalue weighted by atomic mass is 35.5. The summed E-state index contributed by atoms with van der Waals surface area (Å²) in [6, 6.07) is 5.82. The maximum atomic E-state index is 5.90. The number of nitrogens with one attached hydrogen (secondary N) is 2. The van der Waals surface area contributed by atoms with Crippen molar-refractivity contribution in [2.75, 3.05) is 29.5 Å². The van der Waals surface area contributed by atoms with E-state index >= 15 is 0 Å². The summed E-state index contributed by atoms with van der Waals surface area (Å²) in [6.07, 6.45) is 1.94. The highest BCUT2D eigenvalue weighted by molar-refractivity contribution is 7.16. The average molecular weight is 312 g/mol. The van der Waals surface area contributed by atoms with Crippen LogP contribution in [0.15, 0.2) is 18.2 Å². The molecule has 0 aliphatic carbocycles. The Kier molecular flexibility index (Phi) is 5.43. The minimum absolute atomic E-state index is 0.271. The molecule has 2 heterocycles. The van der Waals surface area contributed by atoms with E-state index < -0.39 is 0 Å². The van der Waals surface area contributed by atoms with Crippen molar-refractivity contribution in [2.45, 2.75) is 19.8 Å². The Bertz CT molecular complexity index is 557. The number of nitrogens with zero attached hydrogens (tertiary/aromatic N) is 2. The molecule has 20 heavy (non-hydrogen) atoms. The largest absolute Gasteiger partial charge is 0.370 e. The number of anilines is 3. The van der Waals surface area contributed by atoms with E-state index in [4.69, 9.17) is 17.3 Å². The van der Waals surface area contributed by atoms with Crippen LogP contribution < -0.4 is 16.4 Å². The van der Waals surface area contributed by atoms with E-state index in [1.165, 1.54) is 4.88 Å². The summed E-state index contributed by atoms with van der Waals surface area (Å²) in [5.41, 5.74) is 5.70. The highest BCUT2D eigenvalue weighted by Crippen LogP contribution is 2.21. The second kappa shape index (κ2) is 7.31. The van der Waals surface area contributed by atoms with Crippen LogP contribution >= 0.6 is 22.9 Å². The first-order valence-corrected chi connectivity index (χ1v) is 7.73. The third-order valence-corrected chi connectivity index (χ3v) is 3.90. The van der Waals surface area contributed by atoms with Crippen molar-refractivity contribution in [1.29, 1.82) is 0 Å². The molecule has 0 aromatic carbocycles. The van der Waals surface area contributed by atoms with Gasteiger partial charge in [-0.25, -0.2) is 0 Å². The van der Waals surface area contributed by atoms with Crippen molar-refractivity contribution < 1.29 is 0 Å². The third-order valence-electron chi connectivity index (χ3n) is 2.61. The fraction of sp³-hybridized carbons (Fsp3) is 0.385. The van der Waals surface area contributed by atoms with Gasteiger partial charge in [0.2, 0.25) is 5.95 Å². The van der Waals surface area contributed by atoms with Crippen LogP contribution in [0.25, 0.3) is 0 Å². The van der Waals surface area contributed by atoms with Crippen LogP contribution in [0.2, 0.25) is 4.34 Å². The van der Waals surface area contributed by atoms with Crippen molar-refractivity contribution in [3.63, 3.8) is 0 Å². The van der Waals surface area contributed by atoms with Gasteiger partial charge in [0.15, 0.2) is 0 Å². The van der Waals surface area contributed by atoms with Crippen molar-refractivity contribution in [1.82, 2.24) is 9.97 Å². The molecule has 0 aliphatic heterocycles. The van der Waals surface area contributed by atoms with E-state index in [9.17, 15) is 0 Å². The minimum atomic E-state index is 0.271. The maximum Gasteiger partial charge on any atom is 0.223 e. The fourth-order valence-corrected chi connectivity index (χ4v) is 2.79. The van der Waals surface area contributed by atoms with Gasteiger partial charge >= 0.3 is 0 Å². The summed E-state index contributed by atoms with van der Waals surface area (Å²) in [5.74, 6) is 1.76. The predicted octanol–water partition coefficient (Wildman–Crippen LogP) is 3.25. The van der Waals surface area contributed by atoms with Crippen LogP contribution in [0.4, 0.5) is 17.6 Å². The molecular formula is C13H18ClN5S. The summed E-state index contributed by atoms with van der Waals surface area (Å²) in [6.45, 7) is 3.74. The molecule has 5 nitrogen and oxygen atoms in total. The predicted molar refractivity (Wildman–Crippen MR) is 86.7 cm³/mol. The Morgan fingerprint density at radius 1 is 1.20 bits per heavy atom. The van der Waals surface area contributed by atoms with E-state index in [2.05, 4.69) is 27.5 Å². The highest BCUT2D eigenvalue weighted by Gasteiger charge is 2.02. The Morgan fingerprint density at radius 3 is 2.50 bits per heavy atom. The molecule has 0 atom stereocenters. The molecular weight excluding hydrogens is 294 g/mol. The van der Waals surface area contributed by atoms with Crippen LogP contribution in [0.3, 0.4) is 0 Å². The van der Waals surface area contributed by atoms with Gasteiger partial charge < -0.3 is 16.4 Å². The van der Waals surface area contributed by atoms with E-state index in [0.717, 1.165) is 41.9 Å². The van der Waals surface area contributed by atoms with Gasteiger partial charge in [0.1, 0.15) is 11.6 Å². The lowest BCUT2D eigenvalue weighted by atomic mass is 10.3. The SMILES string of the molecule is CCCNc1cc(NCCc2ccc(Cl)s2)nc(N)n1. The average Bonchev–Trinajstić information content (AvgIpc) is 2.81. The molecule has 0 unspecified atom stereocenters. The molecule has 2 aromatic heterocycles. The monoisotopic (exact) mass is 311 g/mol. The molecule has 0 saturated heterocycles. The van der Waals surface area contributed by atoms with Crippen LogP contribution in [0.1, 0.15) is 18.2 Å². The number of hydrogen-bond donors (Lipinski definition) is 3. The zero-order chi connectivity index (χ0) is 14.4. The fourth-order valence-electron chi connectivity index (χ4n) is 1.70. The lowest BCUT2D eigenvalue weighted by Crippen LogP contribution is -2.10. The summed E-state index contributed by atoms with van der Waals surface area (Å²) < 4.78 is 0.817. The second-order valence-corrected chi connectivity index (χ2v) is 6.11. The molecule has 0 fully saturated rings. The van der Waals surface area contributed by atoms with E-state index in [0.29, 0.717) is 0 Å². The first-order valence-electron chi connectivity index (χ1n) is 6.54. The first-order chi connectivity index (χ1) is 9.67. The van der Waals surface area contributed by atoms with E-state index in [-0.39, 0.29) is 5.95 Å². The number of halogens is 1. The number of hydrogen-bond acceptors (Lipinski definition) is 6. The van der Waals surface area contributed by atoms with Crippen molar-refractivity contribution >= 4 is 40.5 Å². The normalized spacial score (nSPS) is 10.5. The number of nitrogen functional groups attached to an aromatic ring is 1.